The van der Waals surface area contributed by atoms with E-state index in [0.717, 1.165) is 0 Å². The van der Waals surface area contributed by atoms with E-state index in [1.807, 2.05) is 6.07 Å². The molecule has 0 radical (unpaired) electrons. The molecule has 0 amide bonds. The van der Waals surface area contributed by atoms with E-state index in [1.165, 1.54) is 5.06 Å². The number of carbonyl (C=O) groups excluding carboxylic acids is 1. The number of nitrogens with zero attached hydrogens (tertiary/aromatic N) is 1. The molecule has 1 aromatic carbocycles. The van der Waals surface area contributed by atoms with Crippen molar-refractivity contribution in [2.75, 3.05) is 13.1 Å². The summed E-state index contributed by atoms with van der Waals surface area (Å²) in [6, 6.07) is 8.65. The van der Waals surface area contributed by atoms with E-state index in [2.05, 4.69) is 0 Å². The largest absolute Gasteiger partial charge is 0.364 e. The molecule has 0 bridgehead atoms. The van der Waals surface area contributed by atoms with Crippen LogP contribution in [-0.4, -0.2) is 37.8 Å². The summed E-state index contributed by atoms with van der Waals surface area (Å²) >= 11 is 0. The number of halogens is 1. The van der Waals surface area contributed by atoms with Crippen LogP contribution in [0.25, 0.3) is 0 Å². The van der Waals surface area contributed by atoms with Crippen molar-refractivity contribution >= 4 is 25.7 Å². The number of rotatable bonds is 3. The summed E-state index contributed by atoms with van der Waals surface area (Å²) in [5, 5.41) is 0.925. The Morgan fingerprint density at radius 3 is 2.32 bits per heavy atom. The third-order valence-electron chi connectivity index (χ3n) is 3.02. The minimum atomic E-state index is -3.52. The molecule has 7 heteroatoms. The van der Waals surface area contributed by atoms with Crippen molar-refractivity contribution in [1.29, 1.82) is 0 Å². The summed E-state index contributed by atoms with van der Waals surface area (Å²) in [7, 11) is 1.78. The lowest BCUT2D eigenvalue weighted by Crippen LogP contribution is -2.39. The Bertz CT molecular complexity index is 538. The lowest BCUT2D eigenvalue weighted by Gasteiger charge is -2.28. The molecule has 1 aliphatic rings. The molecule has 1 heterocycles. The molecule has 104 valence electrons. The second-order valence-corrected chi connectivity index (χ2v) is 7.26. The van der Waals surface area contributed by atoms with E-state index < -0.39 is 20.3 Å². The third-order valence-corrected chi connectivity index (χ3v) is 5.04. The molecule has 0 aliphatic carbocycles. The number of carbonyl (C=O) groups is 1. The van der Waals surface area contributed by atoms with E-state index in [0.29, 0.717) is 31.5 Å². The lowest BCUT2D eigenvalue weighted by atomic mass is 10.1. The Morgan fingerprint density at radius 1 is 1.21 bits per heavy atom. The van der Waals surface area contributed by atoms with Gasteiger partial charge in [-0.05, 0) is 25.0 Å². The van der Waals surface area contributed by atoms with Crippen molar-refractivity contribution in [2.24, 2.45) is 0 Å². The van der Waals surface area contributed by atoms with E-state index in [-0.39, 0.29) is 0 Å². The minimum absolute atomic E-state index is 0.369. The summed E-state index contributed by atoms with van der Waals surface area (Å²) < 4.78 is 22.4. The summed E-state index contributed by atoms with van der Waals surface area (Å²) in [4.78, 5) is 17.0. The Kier molecular flexibility index (Phi) is 4.44. The molecule has 1 saturated heterocycles. The predicted molar refractivity (Wildman–Crippen MR) is 71.2 cm³/mol. The number of hydrogen-bond donors (Lipinski definition) is 0. The van der Waals surface area contributed by atoms with Crippen LogP contribution in [0.4, 0.5) is 0 Å². The first-order valence-corrected chi connectivity index (χ1v) is 8.30. The number of benzene rings is 1. The van der Waals surface area contributed by atoms with Crippen LogP contribution in [0.1, 0.15) is 23.2 Å². The molecule has 0 unspecified atom stereocenters. The molecule has 5 nitrogen and oxygen atoms in total. The molecule has 0 spiro atoms. The molecule has 0 saturated carbocycles. The van der Waals surface area contributed by atoms with Crippen LogP contribution in [0.3, 0.4) is 0 Å². The molecule has 1 aromatic rings. The van der Waals surface area contributed by atoms with Gasteiger partial charge in [-0.15, -0.1) is 5.06 Å². The van der Waals surface area contributed by atoms with Crippen LogP contribution in [0.15, 0.2) is 30.3 Å². The fraction of sp³-hybridized carbons (Fsp3) is 0.417. The minimum Gasteiger partial charge on any atom is -0.364 e. The Morgan fingerprint density at radius 2 is 1.79 bits per heavy atom. The molecule has 1 fully saturated rings. The molecule has 2 rings (SSSR count). The Balaban J connectivity index is 1.88. The van der Waals surface area contributed by atoms with Gasteiger partial charge in [0.25, 0.3) is 0 Å². The second-order valence-electron chi connectivity index (χ2n) is 4.35. The van der Waals surface area contributed by atoms with Gasteiger partial charge in [-0.2, -0.15) is 0 Å². The predicted octanol–water partition coefficient (Wildman–Crippen LogP) is 1.79. The number of hydrogen-bond acceptors (Lipinski definition) is 5. The topological polar surface area (TPSA) is 63.7 Å². The molecule has 0 atom stereocenters. The quantitative estimate of drug-likeness (QED) is 0.797. The van der Waals surface area contributed by atoms with Gasteiger partial charge in [0.05, 0.1) is 10.8 Å². The lowest BCUT2D eigenvalue weighted by molar-refractivity contribution is -0.118. The molecule has 19 heavy (non-hydrogen) atoms. The van der Waals surface area contributed by atoms with Gasteiger partial charge in [-0.25, -0.2) is 13.2 Å². The van der Waals surface area contributed by atoms with Crippen molar-refractivity contribution < 1.29 is 18.0 Å². The summed E-state index contributed by atoms with van der Waals surface area (Å²) in [6.45, 7) is 0.740. The SMILES string of the molecule is O=C(ON1CCC(S(=O)(=O)Cl)CC1)c1ccccc1. The highest BCUT2D eigenvalue weighted by Crippen LogP contribution is 2.21. The summed E-state index contributed by atoms with van der Waals surface area (Å²) in [6.07, 6.45) is 0.738. The van der Waals surface area contributed by atoms with Crippen molar-refractivity contribution in [2.45, 2.75) is 18.1 Å². The van der Waals surface area contributed by atoms with E-state index in [9.17, 15) is 13.2 Å². The highest BCUT2D eigenvalue weighted by molar-refractivity contribution is 8.14. The van der Waals surface area contributed by atoms with Gasteiger partial charge in [0.15, 0.2) is 0 Å². The zero-order valence-corrected chi connectivity index (χ0v) is 11.7. The summed E-state index contributed by atoms with van der Waals surface area (Å²) in [5.74, 6) is -0.437. The number of hydroxylamine groups is 2. The van der Waals surface area contributed by atoms with Crippen LogP contribution in [0, 0.1) is 0 Å². The maximum absolute atomic E-state index is 11.8. The molecular formula is C12H14ClNO4S. The third kappa shape index (κ3) is 3.92. The molecular weight excluding hydrogens is 290 g/mol. The zero-order chi connectivity index (χ0) is 13.9. The average Bonchev–Trinajstić information content (AvgIpc) is 2.39. The maximum Gasteiger partial charge on any atom is 0.357 e. The van der Waals surface area contributed by atoms with Gasteiger partial charge in [-0.3, -0.25) is 0 Å². The van der Waals surface area contributed by atoms with Crippen molar-refractivity contribution in [3.8, 4) is 0 Å². The van der Waals surface area contributed by atoms with Crippen LogP contribution in [-0.2, 0) is 13.9 Å². The zero-order valence-electron chi connectivity index (χ0n) is 10.2. The van der Waals surface area contributed by atoms with Gasteiger partial charge in [0, 0.05) is 23.8 Å². The first kappa shape index (κ1) is 14.3. The van der Waals surface area contributed by atoms with Gasteiger partial charge < -0.3 is 4.84 Å². The average molecular weight is 304 g/mol. The van der Waals surface area contributed by atoms with Gasteiger partial charge >= 0.3 is 5.97 Å². The van der Waals surface area contributed by atoms with Gasteiger partial charge in [0.2, 0.25) is 9.05 Å². The Labute approximate surface area is 116 Å². The van der Waals surface area contributed by atoms with E-state index >= 15 is 0 Å². The fourth-order valence-corrected chi connectivity index (χ4v) is 3.26. The second kappa shape index (κ2) is 5.90. The van der Waals surface area contributed by atoms with Gasteiger partial charge in [-0.1, -0.05) is 18.2 Å². The van der Waals surface area contributed by atoms with Crippen molar-refractivity contribution in [1.82, 2.24) is 5.06 Å². The van der Waals surface area contributed by atoms with Crippen molar-refractivity contribution in [3.63, 3.8) is 0 Å². The Hall–Kier alpha value is -1.11. The molecule has 0 N–H and O–H groups in total. The summed E-state index contributed by atoms with van der Waals surface area (Å²) in [5.41, 5.74) is 0.467. The van der Waals surface area contributed by atoms with E-state index in [1.54, 1.807) is 24.3 Å². The highest BCUT2D eigenvalue weighted by Gasteiger charge is 2.29. The first-order chi connectivity index (χ1) is 8.97. The first-order valence-electron chi connectivity index (χ1n) is 5.92. The monoisotopic (exact) mass is 303 g/mol. The highest BCUT2D eigenvalue weighted by atomic mass is 35.7. The fourth-order valence-electron chi connectivity index (χ4n) is 1.95. The van der Waals surface area contributed by atoms with Crippen LogP contribution in [0.2, 0.25) is 0 Å². The van der Waals surface area contributed by atoms with Crippen LogP contribution < -0.4 is 0 Å². The van der Waals surface area contributed by atoms with Crippen LogP contribution in [0.5, 0.6) is 0 Å². The number of piperidine rings is 1. The van der Waals surface area contributed by atoms with Crippen LogP contribution >= 0.6 is 10.7 Å². The molecule has 1 aliphatic heterocycles. The maximum atomic E-state index is 11.8. The van der Waals surface area contributed by atoms with Crippen molar-refractivity contribution in [3.05, 3.63) is 35.9 Å². The molecule has 0 aromatic heterocycles. The van der Waals surface area contributed by atoms with Gasteiger partial charge in [0.1, 0.15) is 0 Å². The van der Waals surface area contributed by atoms with E-state index in [4.69, 9.17) is 15.5 Å². The normalized spacial score (nSPS) is 18.2. The standard InChI is InChI=1S/C12H14ClNO4S/c13-19(16,17)11-6-8-14(9-7-11)18-12(15)10-4-2-1-3-5-10/h1-5,11H,6-9H2. The smallest absolute Gasteiger partial charge is 0.357 e.